The molecule has 8 heteroatoms. The summed E-state index contributed by atoms with van der Waals surface area (Å²) < 4.78 is 5.41. The van der Waals surface area contributed by atoms with Gasteiger partial charge in [0.2, 0.25) is 5.91 Å². The molecule has 2 aliphatic heterocycles. The average Bonchev–Trinajstić information content (AvgIpc) is 3.31. The van der Waals surface area contributed by atoms with Gasteiger partial charge in [0, 0.05) is 43.0 Å². The number of amides is 1. The lowest BCUT2D eigenvalue weighted by atomic mass is 9.89. The standard InChI is InChI=1S/C20H29N5O2S/c1-13-6-10-28-18(13)12-25-7-3-16(19-21-14(2)23-24-19)17(11-25)22-20(26)15-4-8-27-9-5-15/h6,10,15-17H,3-5,7-9,11-12H2,1-2H3,(H,22,26)(H,21,23,24)/t16-,17+/m0/s1. The van der Waals surface area contributed by atoms with Crippen LogP contribution < -0.4 is 5.32 Å². The second kappa shape index (κ2) is 8.71. The molecule has 0 spiro atoms. The first-order valence-corrected chi connectivity index (χ1v) is 11.0. The number of aromatic amines is 1. The maximum absolute atomic E-state index is 12.9. The third-order valence-corrected chi connectivity index (χ3v) is 6.91. The van der Waals surface area contributed by atoms with Gasteiger partial charge in [-0.3, -0.25) is 14.8 Å². The van der Waals surface area contributed by atoms with Crippen molar-refractivity contribution >= 4 is 17.2 Å². The lowest BCUT2D eigenvalue weighted by Gasteiger charge is -2.38. The molecule has 2 saturated heterocycles. The molecule has 1 amide bonds. The van der Waals surface area contributed by atoms with Gasteiger partial charge >= 0.3 is 0 Å². The lowest BCUT2D eigenvalue weighted by molar-refractivity contribution is -0.129. The second-order valence-electron chi connectivity index (χ2n) is 7.94. The van der Waals surface area contributed by atoms with Crippen LogP contribution in [0.25, 0.3) is 0 Å². The Morgan fingerprint density at radius 3 is 2.86 bits per heavy atom. The largest absolute Gasteiger partial charge is 0.381 e. The first kappa shape index (κ1) is 19.5. The van der Waals surface area contributed by atoms with E-state index >= 15 is 0 Å². The SMILES string of the molecule is Cc1nc([C@H]2CCN(Cc3sccc3C)C[C@H]2NC(=O)C2CCOCC2)n[nH]1. The fourth-order valence-corrected chi connectivity index (χ4v) is 5.12. The normalized spacial score (nSPS) is 24.4. The molecule has 2 fully saturated rings. The molecule has 0 aliphatic carbocycles. The van der Waals surface area contributed by atoms with Crippen LogP contribution in [0, 0.1) is 19.8 Å². The van der Waals surface area contributed by atoms with Crippen molar-refractivity contribution in [1.82, 2.24) is 25.4 Å². The Bertz CT molecular complexity index is 798. The van der Waals surface area contributed by atoms with Crippen molar-refractivity contribution in [2.45, 2.75) is 51.6 Å². The summed E-state index contributed by atoms with van der Waals surface area (Å²) in [4.78, 5) is 21.3. The molecule has 0 bridgehead atoms. The number of aromatic nitrogens is 3. The molecule has 4 heterocycles. The summed E-state index contributed by atoms with van der Waals surface area (Å²) in [7, 11) is 0. The van der Waals surface area contributed by atoms with Crippen LogP contribution in [0.1, 0.15) is 47.3 Å². The van der Waals surface area contributed by atoms with Crippen LogP contribution in [0.4, 0.5) is 0 Å². The maximum atomic E-state index is 12.9. The van der Waals surface area contributed by atoms with Gasteiger partial charge in [-0.15, -0.1) is 11.3 Å². The third kappa shape index (κ3) is 4.45. The molecule has 0 unspecified atom stereocenters. The molecule has 0 saturated carbocycles. The van der Waals surface area contributed by atoms with E-state index in [9.17, 15) is 4.79 Å². The molecule has 152 valence electrons. The summed E-state index contributed by atoms with van der Waals surface area (Å²) in [5, 5.41) is 12.9. The Balaban J connectivity index is 1.47. The van der Waals surface area contributed by atoms with E-state index in [0.717, 1.165) is 50.5 Å². The van der Waals surface area contributed by atoms with Gasteiger partial charge in [0.1, 0.15) is 5.82 Å². The molecular weight excluding hydrogens is 374 g/mol. The van der Waals surface area contributed by atoms with E-state index in [-0.39, 0.29) is 23.8 Å². The summed E-state index contributed by atoms with van der Waals surface area (Å²) in [6, 6.07) is 2.20. The minimum atomic E-state index is 0.0274. The van der Waals surface area contributed by atoms with Crippen LogP contribution in [0.3, 0.4) is 0 Å². The molecule has 2 atom stereocenters. The summed E-state index contributed by atoms with van der Waals surface area (Å²) in [5.41, 5.74) is 1.35. The van der Waals surface area contributed by atoms with Gasteiger partial charge < -0.3 is 10.1 Å². The highest BCUT2D eigenvalue weighted by atomic mass is 32.1. The monoisotopic (exact) mass is 403 g/mol. The molecule has 2 aromatic rings. The number of hydrogen-bond donors (Lipinski definition) is 2. The molecule has 7 nitrogen and oxygen atoms in total. The van der Waals surface area contributed by atoms with E-state index in [1.807, 2.05) is 18.3 Å². The van der Waals surface area contributed by atoms with Gasteiger partial charge in [0.05, 0.1) is 6.04 Å². The van der Waals surface area contributed by atoms with Gasteiger partial charge in [-0.25, -0.2) is 4.98 Å². The van der Waals surface area contributed by atoms with Gasteiger partial charge in [-0.1, -0.05) is 0 Å². The van der Waals surface area contributed by atoms with Crippen LogP contribution in [0.5, 0.6) is 0 Å². The zero-order valence-corrected chi connectivity index (χ0v) is 17.4. The predicted molar refractivity (Wildman–Crippen MR) is 108 cm³/mol. The van der Waals surface area contributed by atoms with Gasteiger partial charge in [0.25, 0.3) is 0 Å². The Labute approximate surface area is 169 Å². The molecule has 0 radical (unpaired) electrons. The Kier molecular flexibility index (Phi) is 6.08. The van der Waals surface area contributed by atoms with Crippen LogP contribution >= 0.6 is 11.3 Å². The van der Waals surface area contributed by atoms with E-state index in [2.05, 4.69) is 43.8 Å². The first-order valence-electron chi connectivity index (χ1n) is 10.1. The Morgan fingerprint density at radius 1 is 1.36 bits per heavy atom. The minimum absolute atomic E-state index is 0.0274. The zero-order valence-electron chi connectivity index (χ0n) is 16.6. The van der Waals surface area contributed by atoms with Crippen molar-refractivity contribution in [3.05, 3.63) is 33.5 Å². The van der Waals surface area contributed by atoms with E-state index in [1.165, 1.54) is 10.4 Å². The van der Waals surface area contributed by atoms with Gasteiger partial charge in [0.15, 0.2) is 5.82 Å². The molecule has 2 aliphatic rings. The lowest BCUT2D eigenvalue weighted by Crippen LogP contribution is -2.53. The molecular formula is C20H29N5O2S. The van der Waals surface area contributed by atoms with Crippen LogP contribution in [-0.4, -0.2) is 58.3 Å². The molecule has 2 aromatic heterocycles. The molecule has 0 aromatic carbocycles. The number of piperidine rings is 1. The highest BCUT2D eigenvalue weighted by Crippen LogP contribution is 2.29. The van der Waals surface area contributed by atoms with Crippen molar-refractivity contribution in [2.24, 2.45) is 5.92 Å². The van der Waals surface area contributed by atoms with Crippen molar-refractivity contribution in [3.63, 3.8) is 0 Å². The van der Waals surface area contributed by atoms with E-state index < -0.39 is 0 Å². The number of hydrogen-bond acceptors (Lipinski definition) is 6. The Hall–Kier alpha value is -1.77. The number of likely N-dealkylation sites (tertiary alicyclic amines) is 1. The van der Waals surface area contributed by atoms with Crippen molar-refractivity contribution < 1.29 is 9.53 Å². The number of thiophene rings is 1. The first-order chi connectivity index (χ1) is 13.6. The van der Waals surface area contributed by atoms with Gasteiger partial charge in [-0.2, -0.15) is 5.10 Å². The van der Waals surface area contributed by atoms with Crippen molar-refractivity contribution in [2.75, 3.05) is 26.3 Å². The summed E-state index contributed by atoms with van der Waals surface area (Å²) in [6.45, 7) is 8.18. The number of nitrogens with one attached hydrogen (secondary N) is 2. The number of rotatable bonds is 5. The average molecular weight is 404 g/mol. The highest BCUT2D eigenvalue weighted by molar-refractivity contribution is 7.10. The third-order valence-electron chi connectivity index (χ3n) is 5.90. The fraction of sp³-hybridized carbons (Fsp3) is 0.650. The zero-order chi connectivity index (χ0) is 19.5. The number of carbonyl (C=O) groups excluding carboxylic acids is 1. The maximum Gasteiger partial charge on any atom is 0.223 e. The minimum Gasteiger partial charge on any atom is -0.381 e. The van der Waals surface area contributed by atoms with Crippen LogP contribution in [0.2, 0.25) is 0 Å². The fourth-order valence-electron chi connectivity index (χ4n) is 4.17. The topological polar surface area (TPSA) is 83.1 Å². The van der Waals surface area contributed by atoms with E-state index in [4.69, 9.17) is 4.74 Å². The van der Waals surface area contributed by atoms with E-state index in [0.29, 0.717) is 13.2 Å². The predicted octanol–water partition coefficient (Wildman–Crippen LogP) is 2.38. The van der Waals surface area contributed by atoms with Crippen molar-refractivity contribution in [3.8, 4) is 0 Å². The summed E-state index contributed by atoms with van der Waals surface area (Å²) in [5.74, 6) is 2.00. The molecule has 4 rings (SSSR count). The van der Waals surface area contributed by atoms with Crippen molar-refractivity contribution in [1.29, 1.82) is 0 Å². The second-order valence-corrected chi connectivity index (χ2v) is 8.94. The number of carbonyl (C=O) groups is 1. The van der Waals surface area contributed by atoms with Gasteiger partial charge in [-0.05, 0) is 56.7 Å². The summed E-state index contributed by atoms with van der Waals surface area (Å²) >= 11 is 1.81. The summed E-state index contributed by atoms with van der Waals surface area (Å²) in [6.07, 6.45) is 2.56. The molecule has 28 heavy (non-hydrogen) atoms. The number of nitrogens with zero attached hydrogens (tertiary/aromatic N) is 3. The number of aryl methyl sites for hydroxylation is 2. The molecule has 2 N–H and O–H groups in total. The van der Waals surface area contributed by atoms with Crippen LogP contribution in [0.15, 0.2) is 11.4 Å². The quantitative estimate of drug-likeness (QED) is 0.801. The van der Waals surface area contributed by atoms with E-state index in [1.54, 1.807) is 0 Å². The Morgan fingerprint density at radius 2 is 2.18 bits per heavy atom. The number of H-pyrrole nitrogens is 1. The smallest absolute Gasteiger partial charge is 0.223 e. The highest BCUT2D eigenvalue weighted by Gasteiger charge is 2.35. The van der Waals surface area contributed by atoms with Crippen LogP contribution in [-0.2, 0) is 16.1 Å². The number of ether oxygens (including phenoxy) is 1.